The largest absolute Gasteiger partial charge is 0.487 e. The topological polar surface area (TPSA) is 64.4 Å². The molecule has 0 fully saturated rings. The number of aryl methyl sites for hydroxylation is 1. The Hall–Kier alpha value is -1.91. The molecular weight excluding hydrogens is 359 g/mol. The summed E-state index contributed by atoms with van der Waals surface area (Å²) < 4.78 is 5.86. The average molecular weight is 383 g/mol. The Labute approximate surface area is 160 Å². The highest BCUT2D eigenvalue weighted by Gasteiger charge is 2.12. The molecule has 6 heteroatoms. The maximum absolute atomic E-state index is 12.0. The van der Waals surface area contributed by atoms with E-state index in [2.05, 4.69) is 5.32 Å². The first-order chi connectivity index (χ1) is 11.6. The molecule has 2 aromatic rings. The van der Waals surface area contributed by atoms with E-state index >= 15 is 0 Å². The number of amides is 1. The van der Waals surface area contributed by atoms with E-state index in [1.165, 1.54) is 0 Å². The molecule has 0 heterocycles. The van der Waals surface area contributed by atoms with Gasteiger partial charge in [-0.15, -0.1) is 12.4 Å². The second-order valence-electron chi connectivity index (χ2n) is 5.58. The van der Waals surface area contributed by atoms with Crippen LogP contribution in [-0.2, 0) is 11.2 Å². The van der Waals surface area contributed by atoms with Crippen LogP contribution < -0.4 is 15.8 Å². The minimum absolute atomic E-state index is 0. The number of hydrogen-bond donors (Lipinski definition) is 2. The third kappa shape index (κ3) is 6.85. The number of anilines is 1. The fraction of sp³-hybridized carbons (Fsp3) is 0.316. The minimum atomic E-state index is -0.115. The number of nitrogen functional groups attached to an aromatic ring is 1. The van der Waals surface area contributed by atoms with Crippen molar-refractivity contribution < 1.29 is 9.53 Å². The van der Waals surface area contributed by atoms with Gasteiger partial charge in [0.1, 0.15) is 11.9 Å². The van der Waals surface area contributed by atoms with Crippen molar-refractivity contribution in [2.24, 2.45) is 0 Å². The zero-order chi connectivity index (χ0) is 17.4. The Morgan fingerprint density at radius 3 is 2.56 bits per heavy atom. The Bertz CT molecular complexity index is 680. The quantitative estimate of drug-likeness (QED) is 0.670. The second kappa shape index (κ2) is 10.9. The summed E-state index contributed by atoms with van der Waals surface area (Å²) in [5.74, 6) is 0.622. The van der Waals surface area contributed by atoms with Crippen LogP contribution in [0.5, 0.6) is 5.75 Å². The van der Waals surface area contributed by atoms with Crippen LogP contribution in [0, 0.1) is 0 Å². The predicted octanol–water partition coefficient (Wildman–Crippen LogP) is 4.25. The molecule has 0 saturated heterocycles. The molecule has 4 nitrogen and oxygen atoms in total. The lowest BCUT2D eigenvalue weighted by Gasteiger charge is -2.19. The SMILES string of the molecule is CCC(CNC(=O)CCc1ccccc1N)Oc1ccccc1Cl.Cl. The van der Waals surface area contributed by atoms with E-state index in [0.29, 0.717) is 30.2 Å². The number of carbonyl (C=O) groups excluding carboxylic acids is 1. The Balaban J connectivity index is 0.00000312. The third-order valence-electron chi connectivity index (χ3n) is 3.79. The van der Waals surface area contributed by atoms with Crippen molar-refractivity contribution in [3.05, 3.63) is 59.1 Å². The van der Waals surface area contributed by atoms with E-state index < -0.39 is 0 Å². The van der Waals surface area contributed by atoms with Crippen LogP contribution in [0.2, 0.25) is 5.02 Å². The summed E-state index contributed by atoms with van der Waals surface area (Å²) >= 11 is 6.10. The monoisotopic (exact) mass is 382 g/mol. The van der Waals surface area contributed by atoms with Crippen molar-refractivity contribution in [2.45, 2.75) is 32.3 Å². The lowest BCUT2D eigenvalue weighted by Crippen LogP contribution is -2.35. The molecule has 2 rings (SSSR count). The van der Waals surface area contributed by atoms with Gasteiger partial charge in [-0.1, -0.05) is 48.9 Å². The van der Waals surface area contributed by atoms with Crippen LogP contribution in [0.4, 0.5) is 5.69 Å². The first-order valence-corrected chi connectivity index (χ1v) is 8.49. The highest BCUT2D eigenvalue weighted by molar-refractivity contribution is 6.32. The number of benzene rings is 2. The zero-order valence-corrected chi connectivity index (χ0v) is 15.8. The first-order valence-electron chi connectivity index (χ1n) is 8.11. The van der Waals surface area contributed by atoms with Crippen LogP contribution in [0.25, 0.3) is 0 Å². The number of nitrogens with two attached hydrogens (primary N) is 1. The summed E-state index contributed by atoms with van der Waals surface area (Å²) in [5.41, 5.74) is 7.60. The lowest BCUT2D eigenvalue weighted by atomic mass is 10.1. The third-order valence-corrected chi connectivity index (χ3v) is 4.10. The molecule has 0 aliphatic heterocycles. The molecule has 0 aromatic heterocycles. The van der Waals surface area contributed by atoms with E-state index in [-0.39, 0.29) is 24.4 Å². The van der Waals surface area contributed by atoms with Crippen molar-refractivity contribution in [3.63, 3.8) is 0 Å². The molecule has 1 unspecified atom stereocenters. The normalized spacial score (nSPS) is 11.3. The van der Waals surface area contributed by atoms with Gasteiger partial charge in [-0.25, -0.2) is 0 Å². The maximum atomic E-state index is 12.0. The van der Waals surface area contributed by atoms with Gasteiger partial charge in [0.15, 0.2) is 0 Å². The molecule has 0 radical (unpaired) electrons. The van der Waals surface area contributed by atoms with Crippen molar-refractivity contribution in [1.82, 2.24) is 5.32 Å². The van der Waals surface area contributed by atoms with Gasteiger partial charge in [0.25, 0.3) is 0 Å². The summed E-state index contributed by atoms with van der Waals surface area (Å²) in [6.45, 7) is 2.46. The van der Waals surface area contributed by atoms with E-state index in [1.807, 2.05) is 49.4 Å². The fourth-order valence-corrected chi connectivity index (χ4v) is 2.50. The number of hydrogen-bond acceptors (Lipinski definition) is 3. The van der Waals surface area contributed by atoms with Crippen LogP contribution in [0.15, 0.2) is 48.5 Å². The summed E-state index contributed by atoms with van der Waals surface area (Å²) in [4.78, 5) is 12.0. The van der Waals surface area contributed by atoms with Crippen LogP contribution >= 0.6 is 24.0 Å². The van der Waals surface area contributed by atoms with Crippen molar-refractivity contribution in [3.8, 4) is 5.75 Å². The number of nitrogens with one attached hydrogen (secondary N) is 1. The van der Waals surface area contributed by atoms with Gasteiger partial charge in [0, 0.05) is 12.1 Å². The highest BCUT2D eigenvalue weighted by atomic mass is 35.5. The number of halogens is 2. The van der Waals surface area contributed by atoms with Gasteiger partial charge < -0.3 is 15.8 Å². The van der Waals surface area contributed by atoms with E-state index in [1.54, 1.807) is 6.07 Å². The van der Waals surface area contributed by atoms with Gasteiger partial charge in [0.2, 0.25) is 5.91 Å². The molecule has 2 aromatic carbocycles. The van der Waals surface area contributed by atoms with Crippen molar-refractivity contribution in [2.75, 3.05) is 12.3 Å². The predicted molar refractivity (Wildman–Crippen MR) is 106 cm³/mol. The second-order valence-corrected chi connectivity index (χ2v) is 5.99. The van der Waals surface area contributed by atoms with Crippen LogP contribution in [0.3, 0.4) is 0 Å². The molecule has 0 aliphatic rings. The summed E-state index contributed by atoms with van der Waals surface area (Å²) in [5, 5.41) is 3.49. The Kier molecular flexibility index (Phi) is 9.17. The molecule has 0 aliphatic carbocycles. The lowest BCUT2D eigenvalue weighted by molar-refractivity contribution is -0.121. The number of carbonyl (C=O) groups is 1. The average Bonchev–Trinajstić information content (AvgIpc) is 2.59. The standard InChI is InChI=1S/C19H23ClN2O2.ClH/c1-2-15(24-18-10-6-4-8-16(18)20)13-22-19(23)12-11-14-7-3-5-9-17(14)21;/h3-10,15H,2,11-13,21H2,1H3,(H,22,23);1H. The zero-order valence-electron chi connectivity index (χ0n) is 14.2. The maximum Gasteiger partial charge on any atom is 0.220 e. The highest BCUT2D eigenvalue weighted by Crippen LogP contribution is 2.24. The number of rotatable bonds is 8. The van der Waals surface area contributed by atoms with Gasteiger partial charge in [-0.05, 0) is 36.6 Å². The first kappa shape index (κ1) is 21.1. The van der Waals surface area contributed by atoms with Crippen LogP contribution in [0.1, 0.15) is 25.3 Å². The van der Waals surface area contributed by atoms with Gasteiger partial charge in [0.05, 0.1) is 11.6 Å². The molecule has 0 bridgehead atoms. The van der Waals surface area contributed by atoms with E-state index in [0.717, 1.165) is 17.7 Å². The molecule has 3 N–H and O–H groups in total. The van der Waals surface area contributed by atoms with Gasteiger partial charge >= 0.3 is 0 Å². The van der Waals surface area contributed by atoms with Gasteiger partial charge in [-0.2, -0.15) is 0 Å². The van der Waals surface area contributed by atoms with E-state index in [4.69, 9.17) is 22.1 Å². The summed E-state index contributed by atoms with van der Waals surface area (Å²) in [6, 6.07) is 14.9. The summed E-state index contributed by atoms with van der Waals surface area (Å²) in [6.07, 6.45) is 1.69. The van der Waals surface area contributed by atoms with Crippen molar-refractivity contribution >= 4 is 35.6 Å². The minimum Gasteiger partial charge on any atom is -0.487 e. The fourth-order valence-electron chi connectivity index (χ4n) is 2.32. The molecule has 1 atom stereocenters. The summed E-state index contributed by atoms with van der Waals surface area (Å²) in [7, 11) is 0. The molecule has 0 spiro atoms. The molecule has 1 amide bonds. The number of para-hydroxylation sites is 2. The van der Waals surface area contributed by atoms with Gasteiger partial charge in [-0.3, -0.25) is 4.79 Å². The van der Waals surface area contributed by atoms with Crippen molar-refractivity contribution in [1.29, 1.82) is 0 Å². The smallest absolute Gasteiger partial charge is 0.220 e. The molecule has 0 saturated carbocycles. The van der Waals surface area contributed by atoms with E-state index in [9.17, 15) is 4.79 Å². The molecule has 136 valence electrons. The number of ether oxygens (including phenoxy) is 1. The Morgan fingerprint density at radius 2 is 1.88 bits per heavy atom. The molecular formula is C19H24Cl2N2O2. The van der Waals surface area contributed by atoms with Crippen LogP contribution in [-0.4, -0.2) is 18.6 Å². The Morgan fingerprint density at radius 1 is 1.20 bits per heavy atom. The molecule has 25 heavy (non-hydrogen) atoms.